The zero-order chi connectivity index (χ0) is 21.1. The average molecular weight is 412 g/mol. The Morgan fingerprint density at radius 3 is 2.66 bits per heavy atom. The number of hydrogen-bond acceptors (Lipinski definition) is 4. The van der Waals surface area contributed by atoms with E-state index in [1.807, 2.05) is 13.8 Å². The first-order valence-corrected chi connectivity index (χ1v) is 9.65. The minimum absolute atomic E-state index is 0.0303. The van der Waals surface area contributed by atoms with Crippen LogP contribution in [0.15, 0.2) is 60.7 Å². The maximum absolute atomic E-state index is 12.8. The summed E-state index contributed by atoms with van der Waals surface area (Å²) in [6.07, 6.45) is 1.55. The lowest BCUT2D eigenvalue weighted by Gasteiger charge is -2.24. The van der Waals surface area contributed by atoms with Crippen LogP contribution in [0.3, 0.4) is 0 Å². The molecule has 0 unspecified atom stereocenters. The lowest BCUT2D eigenvalue weighted by atomic mass is 9.95. The molecule has 2 aromatic rings. The van der Waals surface area contributed by atoms with Crippen LogP contribution < -0.4 is 4.74 Å². The van der Waals surface area contributed by atoms with Crippen LogP contribution >= 0.6 is 11.6 Å². The fourth-order valence-electron chi connectivity index (χ4n) is 3.50. The summed E-state index contributed by atoms with van der Waals surface area (Å²) >= 11 is 6.13. The Balaban J connectivity index is 2.17. The number of halogens is 1. The maximum atomic E-state index is 12.8. The van der Waals surface area contributed by atoms with E-state index in [4.69, 9.17) is 16.3 Å². The van der Waals surface area contributed by atoms with Crippen molar-refractivity contribution in [1.29, 1.82) is 0 Å². The molecule has 0 saturated carbocycles. The van der Waals surface area contributed by atoms with Crippen molar-refractivity contribution in [2.45, 2.75) is 19.9 Å². The van der Waals surface area contributed by atoms with Crippen LogP contribution in [0.25, 0.3) is 5.76 Å². The van der Waals surface area contributed by atoms with Gasteiger partial charge in [0.05, 0.1) is 18.2 Å². The fraction of sp³-hybridized carbons (Fsp3) is 0.217. The second-order valence-corrected chi connectivity index (χ2v) is 7.14. The number of ketones is 1. The molecule has 1 aliphatic rings. The summed E-state index contributed by atoms with van der Waals surface area (Å²) in [7, 11) is 0. The topological polar surface area (TPSA) is 66.8 Å². The van der Waals surface area contributed by atoms with Gasteiger partial charge >= 0.3 is 0 Å². The molecule has 1 fully saturated rings. The van der Waals surface area contributed by atoms with Crippen LogP contribution in [0.2, 0.25) is 5.02 Å². The number of aliphatic hydroxyl groups is 1. The third-order valence-electron chi connectivity index (χ3n) is 4.78. The number of amides is 1. The number of nitrogens with zero attached hydrogens (tertiary/aromatic N) is 1. The van der Waals surface area contributed by atoms with Gasteiger partial charge in [0, 0.05) is 17.1 Å². The number of likely N-dealkylation sites (tertiary alicyclic amines) is 1. The number of rotatable bonds is 6. The molecule has 29 heavy (non-hydrogen) atoms. The van der Waals surface area contributed by atoms with Crippen molar-refractivity contribution in [3.63, 3.8) is 0 Å². The lowest BCUT2D eigenvalue weighted by molar-refractivity contribution is -0.139. The molecule has 2 aromatic carbocycles. The quantitative estimate of drug-likeness (QED) is 0.325. The summed E-state index contributed by atoms with van der Waals surface area (Å²) in [4.78, 5) is 26.9. The number of aryl methyl sites for hydroxylation is 1. The summed E-state index contributed by atoms with van der Waals surface area (Å²) in [6.45, 7) is 8.10. The van der Waals surface area contributed by atoms with E-state index in [9.17, 15) is 14.7 Å². The van der Waals surface area contributed by atoms with Gasteiger partial charge in [-0.05, 0) is 55.3 Å². The average Bonchev–Trinajstić information content (AvgIpc) is 2.94. The smallest absolute Gasteiger partial charge is 0.295 e. The van der Waals surface area contributed by atoms with E-state index in [2.05, 4.69) is 6.58 Å². The van der Waals surface area contributed by atoms with Gasteiger partial charge in [-0.2, -0.15) is 0 Å². The van der Waals surface area contributed by atoms with Gasteiger partial charge < -0.3 is 14.7 Å². The molecule has 1 amide bonds. The second kappa shape index (κ2) is 8.53. The molecule has 1 aliphatic heterocycles. The number of benzene rings is 2. The van der Waals surface area contributed by atoms with Gasteiger partial charge in [-0.3, -0.25) is 9.59 Å². The Hall–Kier alpha value is -3.05. The molecule has 0 bridgehead atoms. The van der Waals surface area contributed by atoms with Crippen LogP contribution in [-0.2, 0) is 9.59 Å². The number of ether oxygens (including phenoxy) is 1. The molecule has 0 aromatic heterocycles. The molecule has 1 heterocycles. The first-order valence-electron chi connectivity index (χ1n) is 9.27. The third-order valence-corrected chi connectivity index (χ3v) is 5.01. The summed E-state index contributed by atoms with van der Waals surface area (Å²) in [5, 5.41) is 11.5. The van der Waals surface area contributed by atoms with Crippen LogP contribution in [-0.4, -0.2) is 34.8 Å². The normalized spacial score (nSPS) is 18.2. The van der Waals surface area contributed by atoms with Gasteiger partial charge in [0.25, 0.3) is 11.7 Å². The highest BCUT2D eigenvalue weighted by atomic mass is 35.5. The Morgan fingerprint density at radius 2 is 2.03 bits per heavy atom. The molecule has 150 valence electrons. The van der Waals surface area contributed by atoms with Gasteiger partial charge in [0.2, 0.25) is 0 Å². The molecule has 1 atom stereocenters. The second-order valence-electron chi connectivity index (χ2n) is 6.71. The van der Waals surface area contributed by atoms with Gasteiger partial charge in [-0.15, -0.1) is 6.58 Å². The van der Waals surface area contributed by atoms with E-state index in [1.54, 1.807) is 48.5 Å². The molecule has 0 aliphatic carbocycles. The predicted octanol–water partition coefficient (Wildman–Crippen LogP) is 4.65. The van der Waals surface area contributed by atoms with Crippen LogP contribution in [0.5, 0.6) is 5.75 Å². The fourth-order valence-corrected chi connectivity index (χ4v) is 3.70. The van der Waals surface area contributed by atoms with Crippen LogP contribution in [0.1, 0.15) is 29.7 Å². The first-order chi connectivity index (χ1) is 13.9. The minimum atomic E-state index is -0.751. The molecule has 0 radical (unpaired) electrons. The number of aliphatic hydroxyl groups excluding tert-OH is 1. The Bertz CT molecular complexity index is 1010. The molecule has 5 nitrogen and oxygen atoms in total. The standard InChI is InChI=1S/C23H22ClNO4/c1-4-11-25-20(15-7-6-8-17(24)13-15)19(22(27)23(25)28)21(26)16-9-10-18(29-5-2)14(3)12-16/h4,6-10,12-13,20,26H,1,5,11H2,2-3H3/t20-/m0/s1. The Kier molecular flexibility index (Phi) is 6.09. The molecular weight excluding hydrogens is 390 g/mol. The monoisotopic (exact) mass is 411 g/mol. The highest BCUT2D eigenvalue weighted by Gasteiger charge is 2.45. The van der Waals surface area contributed by atoms with E-state index in [0.717, 1.165) is 5.56 Å². The van der Waals surface area contributed by atoms with Gasteiger partial charge in [-0.25, -0.2) is 0 Å². The predicted molar refractivity (Wildman–Crippen MR) is 113 cm³/mol. The lowest BCUT2D eigenvalue weighted by Crippen LogP contribution is -2.29. The van der Waals surface area contributed by atoms with E-state index in [-0.39, 0.29) is 17.9 Å². The van der Waals surface area contributed by atoms with Crippen molar-refractivity contribution in [3.05, 3.63) is 82.4 Å². The van der Waals surface area contributed by atoms with Crippen LogP contribution in [0.4, 0.5) is 0 Å². The van der Waals surface area contributed by atoms with Crippen molar-refractivity contribution >= 4 is 29.1 Å². The Labute approximate surface area is 174 Å². The van der Waals surface area contributed by atoms with Gasteiger partial charge in [0.15, 0.2) is 0 Å². The van der Waals surface area contributed by atoms with Gasteiger partial charge in [-0.1, -0.05) is 29.8 Å². The molecule has 1 N–H and O–H groups in total. The molecule has 6 heteroatoms. The van der Waals surface area contributed by atoms with Crippen LogP contribution in [0, 0.1) is 6.92 Å². The van der Waals surface area contributed by atoms with Crippen molar-refractivity contribution in [1.82, 2.24) is 4.90 Å². The maximum Gasteiger partial charge on any atom is 0.295 e. The van der Waals surface area contributed by atoms with E-state index < -0.39 is 17.7 Å². The van der Waals surface area contributed by atoms with Crippen molar-refractivity contribution in [2.24, 2.45) is 0 Å². The summed E-state index contributed by atoms with van der Waals surface area (Å²) in [6, 6.07) is 11.3. The van der Waals surface area contributed by atoms with Crippen molar-refractivity contribution in [3.8, 4) is 5.75 Å². The van der Waals surface area contributed by atoms with Crippen molar-refractivity contribution < 1.29 is 19.4 Å². The van der Waals surface area contributed by atoms with E-state index >= 15 is 0 Å². The van der Waals surface area contributed by atoms with E-state index in [0.29, 0.717) is 28.5 Å². The summed E-state index contributed by atoms with van der Waals surface area (Å²) < 4.78 is 5.53. The molecule has 3 rings (SSSR count). The number of hydrogen-bond donors (Lipinski definition) is 1. The Morgan fingerprint density at radius 1 is 1.28 bits per heavy atom. The zero-order valence-electron chi connectivity index (χ0n) is 16.3. The summed E-state index contributed by atoms with van der Waals surface area (Å²) in [5.41, 5.74) is 1.93. The third kappa shape index (κ3) is 3.91. The number of Topliss-reactive ketones (excluding diaryl/α,β-unsaturated/α-hetero) is 1. The number of carbonyl (C=O) groups is 2. The van der Waals surface area contributed by atoms with Gasteiger partial charge in [0.1, 0.15) is 11.5 Å². The van der Waals surface area contributed by atoms with Crippen molar-refractivity contribution in [2.75, 3.05) is 13.2 Å². The molecule has 1 saturated heterocycles. The highest BCUT2D eigenvalue weighted by molar-refractivity contribution is 6.46. The zero-order valence-corrected chi connectivity index (χ0v) is 17.1. The number of carbonyl (C=O) groups excluding carboxylic acids is 2. The highest BCUT2D eigenvalue weighted by Crippen LogP contribution is 2.40. The van der Waals surface area contributed by atoms with E-state index in [1.165, 1.54) is 4.90 Å². The molecular formula is C23H22ClNO4. The first kappa shape index (κ1) is 20.7. The minimum Gasteiger partial charge on any atom is -0.507 e. The molecule has 0 spiro atoms. The summed E-state index contributed by atoms with van der Waals surface area (Å²) in [5.74, 6) is -0.950. The SMILES string of the molecule is C=CCN1C(=O)C(=O)C(=C(O)c2ccc(OCC)c(C)c2)[C@@H]1c1cccc(Cl)c1. The largest absolute Gasteiger partial charge is 0.507 e.